The molecule has 0 bridgehead atoms. The third kappa shape index (κ3) is 7.99. The molecule has 8 nitrogen and oxygen atoms in total. The van der Waals surface area contributed by atoms with Crippen LogP contribution in [0.15, 0.2) is 59.1 Å². The molecule has 2 heterocycles. The Morgan fingerprint density at radius 3 is 2.68 bits per heavy atom. The number of ether oxygens (including phenoxy) is 3. The van der Waals surface area contributed by atoms with Crippen molar-refractivity contribution in [3.63, 3.8) is 0 Å². The normalized spacial score (nSPS) is 15.4. The first-order chi connectivity index (χ1) is 18.7. The number of hydrogen-bond donors (Lipinski definition) is 0. The third-order valence-electron chi connectivity index (χ3n) is 6.69. The van der Waals surface area contributed by atoms with Crippen LogP contribution in [0, 0.1) is 0 Å². The second kappa shape index (κ2) is 14.4. The fourth-order valence-corrected chi connectivity index (χ4v) is 4.69. The number of rotatable bonds is 8. The van der Waals surface area contributed by atoms with Crippen molar-refractivity contribution in [2.45, 2.75) is 52.1 Å². The zero-order valence-electron chi connectivity index (χ0n) is 22.6. The van der Waals surface area contributed by atoms with E-state index in [0.29, 0.717) is 50.8 Å². The minimum Gasteiger partial charge on any atom is -0.490 e. The number of fused-ring (bicyclic) bond motifs is 1. The van der Waals surface area contributed by atoms with E-state index in [1.165, 1.54) is 5.56 Å². The van der Waals surface area contributed by atoms with Gasteiger partial charge in [-0.15, -0.1) is 0 Å². The van der Waals surface area contributed by atoms with E-state index < -0.39 is 0 Å². The number of amides is 1. The molecule has 0 unspecified atom stereocenters. The van der Waals surface area contributed by atoms with Gasteiger partial charge in [0.15, 0.2) is 11.5 Å². The van der Waals surface area contributed by atoms with E-state index in [-0.39, 0.29) is 5.91 Å². The third-order valence-corrected chi connectivity index (χ3v) is 6.69. The van der Waals surface area contributed by atoms with E-state index in [1.54, 1.807) is 13.2 Å². The van der Waals surface area contributed by atoms with Crippen molar-refractivity contribution in [1.29, 1.82) is 0 Å². The fraction of sp³-hybridized carbons (Fsp3) is 0.467. The molecule has 0 aliphatic carbocycles. The molecule has 1 aliphatic rings. The van der Waals surface area contributed by atoms with Crippen LogP contribution in [0.25, 0.3) is 0 Å². The van der Waals surface area contributed by atoms with Crippen LogP contribution in [0.5, 0.6) is 17.4 Å². The molecule has 0 saturated carbocycles. The smallest absolute Gasteiger partial charge is 0.254 e. The Morgan fingerprint density at radius 2 is 1.89 bits per heavy atom. The number of hydrogen-bond acceptors (Lipinski definition) is 7. The van der Waals surface area contributed by atoms with Gasteiger partial charge in [0.1, 0.15) is 5.76 Å². The Balaban J connectivity index is 1.51. The molecular weight excluding hydrogens is 482 g/mol. The largest absolute Gasteiger partial charge is 0.490 e. The van der Waals surface area contributed by atoms with Crippen molar-refractivity contribution in [3.8, 4) is 17.4 Å². The maximum Gasteiger partial charge on any atom is 0.254 e. The van der Waals surface area contributed by atoms with E-state index in [9.17, 15) is 4.79 Å². The minimum absolute atomic E-state index is 0.130. The highest BCUT2D eigenvalue weighted by Crippen LogP contribution is 2.33. The number of carbonyl (C=O) groups excluding carboxylic acids is 1. The van der Waals surface area contributed by atoms with E-state index in [4.69, 9.17) is 18.7 Å². The second-order valence-corrected chi connectivity index (χ2v) is 9.50. The van der Waals surface area contributed by atoms with Crippen LogP contribution in [0.3, 0.4) is 0 Å². The number of aromatic nitrogens is 1. The van der Waals surface area contributed by atoms with Gasteiger partial charge in [-0.05, 0) is 43.0 Å². The quantitative estimate of drug-likeness (QED) is 0.408. The highest BCUT2D eigenvalue weighted by Gasteiger charge is 2.20. The predicted octanol–water partition coefficient (Wildman–Crippen LogP) is 5.11. The highest BCUT2D eigenvalue weighted by atomic mass is 16.5. The molecule has 1 amide bonds. The van der Waals surface area contributed by atoms with Gasteiger partial charge < -0.3 is 23.6 Å². The molecule has 3 aromatic rings. The van der Waals surface area contributed by atoms with E-state index in [2.05, 4.69) is 40.4 Å². The Kier molecular flexibility index (Phi) is 10.4. The number of methoxy groups -OCH3 is 1. The predicted molar refractivity (Wildman–Crippen MR) is 145 cm³/mol. The minimum atomic E-state index is 0.130. The SMILES string of the molecule is CCOc1cccc2c1OCCCCCN(C(=O)CCc1cc(OC)no1)CCN(Cc1ccccc1)C2. The van der Waals surface area contributed by atoms with Crippen LogP contribution in [0.4, 0.5) is 0 Å². The topological polar surface area (TPSA) is 77.3 Å². The lowest BCUT2D eigenvalue weighted by Crippen LogP contribution is -2.39. The van der Waals surface area contributed by atoms with Gasteiger partial charge in [0.05, 0.1) is 20.3 Å². The Hall–Kier alpha value is -3.52. The summed E-state index contributed by atoms with van der Waals surface area (Å²) < 4.78 is 22.6. The molecule has 1 aromatic heterocycles. The summed E-state index contributed by atoms with van der Waals surface area (Å²) in [5.41, 5.74) is 2.33. The van der Waals surface area contributed by atoms with Gasteiger partial charge in [0.2, 0.25) is 5.91 Å². The summed E-state index contributed by atoms with van der Waals surface area (Å²) in [6.07, 6.45) is 3.72. The first-order valence-corrected chi connectivity index (χ1v) is 13.6. The molecule has 8 heteroatoms. The molecule has 1 aliphatic heterocycles. The molecule has 0 saturated heterocycles. The molecule has 0 spiro atoms. The van der Waals surface area contributed by atoms with Crippen molar-refractivity contribution in [2.75, 3.05) is 40.0 Å². The molecule has 0 fully saturated rings. The number of nitrogens with zero attached hydrogens (tertiary/aromatic N) is 3. The zero-order chi connectivity index (χ0) is 26.6. The van der Waals surface area contributed by atoms with Crippen molar-refractivity contribution in [3.05, 3.63) is 71.5 Å². The van der Waals surface area contributed by atoms with Crippen LogP contribution >= 0.6 is 0 Å². The maximum absolute atomic E-state index is 13.3. The van der Waals surface area contributed by atoms with Gasteiger partial charge in [-0.3, -0.25) is 9.69 Å². The summed E-state index contributed by atoms with van der Waals surface area (Å²) >= 11 is 0. The summed E-state index contributed by atoms with van der Waals surface area (Å²) in [5.74, 6) is 2.85. The molecule has 38 heavy (non-hydrogen) atoms. The molecule has 0 N–H and O–H groups in total. The molecule has 0 atom stereocenters. The summed E-state index contributed by atoms with van der Waals surface area (Å²) in [6.45, 7) is 6.81. The lowest BCUT2D eigenvalue weighted by atomic mass is 10.1. The van der Waals surface area contributed by atoms with Gasteiger partial charge in [-0.2, -0.15) is 0 Å². The van der Waals surface area contributed by atoms with E-state index >= 15 is 0 Å². The lowest BCUT2D eigenvalue weighted by molar-refractivity contribution is -0.131. The van der Waals surface area contributed by atoms with Gasteiger partial charge in [-0.25, -0.2) is 0 Å². The molecule has 2 aromatic carbocycles. The molecule has 204 valence electrons. The first kappa shape index (κ1) is 27.5. The Morgan fingerprint density at radius 1 is 1.03 bits per heavy atom. The standard InChI is InChI=1S/C30H39N3O5/c1-3-36-27-14-10-13-25-23-32(22-24-11-6-4-7-12-24)18-19-33(17-8-5-9-20-37-30(25)27)29(34)16-15-26-21-28(35-2)31-38-26/h4,6-7,10-14,21H,3,5,8-9,15-20,22-23H2,1-2H3. The summed E-state index contributed by atoms with van der Waals surface area (Å²) in [6, 6.07) is 18.3. The maximum atomic E-state index is 13.3. The van der Waals surface area contributed by atoms with Gasteiger partial charge >= 0.3 is 0 Å². The van der Waals surface area contributed by atoms with Crippen LogP contribution in [-0.2, 0) is 24.3 Å². The van der Waals surface area contributed by atoms with Crippen molar-refractivity contribution in [2.24, 2.45) is 0 Å². The number of benzene rings is 2. The molecule has 0 radical (unpaired) electrons. The molecular formula is C30H39N3O5. The van der Waals surface area contributed by atoms with Crippen molar-refractivity contribution in [1.82, 2.24) is 15.0 Å². The van der Waals surface area contributed by atoms with Gasteiger partial charge in [-0.1, -0.05) is 42.5 Å². The van der Waals surface area contributed by atoms with Crippen molar-refractivity contribution < 1.29 is 23.5 Å². The summed E-state index contributed by atoms with van der Waals surface area (Å²) in [4.78, 5) is 17.7. The number of aryl methyl sites for hydroxylation is 1. The van der Waals surface area contributed by atoms with E-state index in [0.717, 1.165) is 56.0 Å². The van der Waals surface area contributed by atoms with Crippen LogP contribution in [-0.4, -0.2) is 60.8 Å². The van der Waals surface area contributed by atoms with E-state index in [1.807, 2.05) is 30.0 Å². The fourth-order valence-electron chi connectivity index (χ4n) is 4.69. The second-order valence-electron chi connectivity index (χ2n) is 9.50. The lowest BCUT2D eigenvalue weighted by Gasteiger charge is -2.28. The Labute approximate surface area is 225 Å². The van der Waals surface area contributed by atoms with Crippen LogP contribution in [0.2, 0.25) is 0 Å². The van der Waals surface area contributed by atoms with Gasteiger partial charge in [0.25, 0.3) is 5.88 Å². The molecule has 4 rings (SSSR count). The average molecular weight is 522 g/mol. The average Bonchev–Trinajstić information content (AvgIpc) is 3.41. The zero-order valence-corrected chi connectivity index (χ0v) is 22.6. The van der Waals surface area contributed by atoms with Crippen LogP contribution < -0.4 is 14.2 Å². The summed E-state index contributed by atoms with van der Waals surface area (Å²) in [7, 11) is 1.55. The number of carbonyl (C=O) groups is 1. The van der Waals surface area contributed by atoms with Gasteiger partial charge in [0, 0.05) is 57.2 Å². The monoisotopic (exact) mass is 521 g/mol. The van der Waals surface area contributed by atoms with Crippen LogP contribution in [0.1, 0.15) is 49.5 Å². The Bertz CT molecular complexity index is 1130. The highest BCUT2D eigenvalue weighted by molar-refractivity contribution is 5.76. The van der Waals surface area contributed by atoms with Crippen molar-refractivity contribution >= 4 is 5.91 Å². The number of para-hydroxylation sites is 1. The summed E-state index contributed by atoms with van der Waals surface area (Å²) in [5, 5.41) is 3.84. The first-order valence-electron chi connectivity index (χ1n) is 13.6.